The monoisotopic (exact) mass is 333 g/mol. The Labute approximate surface area is 147 Å². The number of benzene rings is 1. The number of esters is 1. The summed E-state index contributed by atoms with van der Waals surface area (Å²) in [6, 6.07) is 11.4. The van der Waals surface area contributed by atoms with E-state index >= 15 is 0 Å². The van der Waals surface area contributed by atoms with Crippen molar-refractivity contribution in [3.05, 3.63) is 71.4 Å². The lowest BCUT2D eigenvalue weighted by Gasteiger charge is -2.08. The van der Waals surface area contributed by atoms with Crippen LogP contribution in [0.1, 0.15) is 29.3 Å². The fraction of sp³-hybridized carbons (Fsp3) is 0.143. The van der Waals surface area contributed by atoms with Crippen LogP contribution in [0.4, 0.5) is 0 Å². The Bertz CT molecular complexity index is 843. The molecule has 0 unspecified atom stereocenters. The highest BCUT2D eigenvalue weighted by Crippen LogP contribution is 2.21. The van der Waals surface area contributed by atoms with Gasteiger partial charge in [0.05, 0.1) is 19.4 Å². The third kappa shape index (κ3) is 5.08. The number of carbonyl (C=O) groups excluding carboxylic acids is 1. The van der Waals surface area contributed by atoms with Crippen molar-refractivity contribution >= 4 is 18.1 Å². The lowest BCUT2D eigenvalue weighted by molar-refractivity contribution is -0.134. The van der Waals surface area contributed by atoms with Crippen LogP contribution in [0.2, 0.25) is 0 Å². The zero-order valence-corrected chi connectivity index (χ0v) is 14.3. The highest BCUT2D eigenvalue weighted by molar-refractivity contribution is 5.88. The maximum absolute atomic E-state index is 11.4. The molecule has 4 nitrogen and oxygen atoms in total. The van der Waals surface area contributed by atoms with Crippen molar-refractivity contribution in [2.24, 2.45) is 0 Å². The standard InChI is InChI=1S/C21H19NO3/c1-4-19-18(13-14-21(23)24-3)17(15-20(22-19)25-5-2)12-11-16-9-7-6-8-10-16/h4,6-10,13-15H,1,5H2,2-3H3/b14-13+. The zero-order valence-electron chi connectivity index (χ0n) is 14.3. The number of nitrogens with zero attached hydrogens (tertiary/aromatic N) is 1. The molecule has 1 aromatic carbocycles. The van der Waals surface area contributed by atoms with E-state index < -0.39 is 5.97 Å². The largest absolute Gasteiger partial charge is 0.478 e. The minimum Gasteiger partial charge on any atom is -0.478 e. The molecule has 0 atom stereocenters. The zero-order chi connectivity index (χ0) is 18.1. The van der Waals surface area contributed by atoms with Crippen LogP contribution in [-0.4, -0.2) is 24.7 Å². The average Bonchev–Trinajstić information content (AvgIpc) is 2.65. The van der Waals surface area contributed by atoms with E-state index in [1.807, 2.05) is 37.3 Å². The summed E-state index contributed by atoms with van der Waals surface area (Å²) in [5.41, 5.74) is 2.86. The van der Waals surface area contributed by atoms with Gasteiger partial charge in [0.1, 0.15) is 0 Å². The molecule has 0 radical (unpaired) electrons. The highest BCUT2D eigenvalue weighted by atomic mass is 16.5. The van der Waals surface area contributed by atoms with E-state index in [0.29, 0.717) is 29.3 Å². The van der Waals surface area contributed by atoms with Crippen molar-refractivity contribution in [3.8, 4) is 17.7 Å². The minimum atomic E-state index is -0.453. The molecule has 2 rings (SSSR count). The normalized spacial score (nSPS) is 10.0. The van der Waals surface area contributed by atoms with Gasteiger partial charge in [0.2, 0.25) is 5.88 Å². The molecule has 0 aliphatic heterocycles. The molecular formula is C21H19NO3. The number of rotatable bonds is 5. The number of carbonyl (C=O) groups is 1. The fourth-order valence-electron chi connectivity index (χ4n) is 2.09. The van der Waals surface area contributed by atoms with Crippen LogP contribution < -0.4 is 4.74 Å². The second-order valence-electron chi connectivity index (χ2n) is 4.92. The third-order valence-electron chi connectivity index (χ3n) is 3.25. The van der Waals surface area contributed by atoms with Crippen molar-refractivity contribution < 1.29 is 14.3 Å². The second-order valence-corrected chi connectivity index (χ2v) is 4.92. The van der Waals surface area contributed by atoms with Crippen LogP contribution in [0.25, 0.3) is 12.2 Å². The molecule has 126 valence electrons. The van der Waals surface area contributed by atoms with Crippen molar-refractivity contribution in [2.45, 2.75) is 6.92 Å². The number of pyridine rings is 1. The molecule has 0 N–H and O–H groups in total. The predicted molar refractivity (Wildman–Crippen MR) is 99.0 cm³/mol. The molecule has 0 aliphatic rings. The van der Waals surface area contributed by atoms with Crippen LogP contribution in [0, 0.1) is 11.8 Å². The molecule has 4 heteroatoms. The van der Waals surface area contributed by atoms with Gasteiger partial charge < -0.3 is 9.47 Å². The molecule has 25 heavy (non-hydrogen) atoms. The third-order valence-corrected chi connectivity index (χ3v) is 3.25. The maximum atomic E-state index is 11.4. The summed E-state index contributed by atoms with van der Waals surface area (Å²) in [5.74, 6) is 6.24. The molecule has 0 bridgehead atoms. The molecule has 0 saturated carbocycles. The van der Waals surface area contributed by atoms with Gasteiger partial charge >= 0.3 is 5.97 Å². The number of ether oxygens (including phenoxy) is 2. The van der Waals surface area contributed by atoms with Gasteiger partial charge in [-0.1, -0.05) is 36.6 Å². The topological polar surface area (TPSA) is 48.4 Å². The number of hydrogen-bond acceptors (Lipinski definition) is 4. The van der Waals surface area contributed by atoms with Gasteiger partial charge in [0.15, 0.2) is 0 Å². The van der Waals surface area contributed by atoms with E-state index in [9.17, 15) is 4.79 Å². The lowest BCUT2D eigenvalue weighted by atomic mass is 10.0. The van der Waals surface area contributed by atoms with Crippen LogP contribution >= 0.6 is 0 Å². The Morgan fingerprint density at radius 1 is 1.28 bits per heavy atom. The predicted octanol–water partition coefficient (Wildman–Crippen LogP) is 3.71. The van der Waals surface area contributed by atoms with Crippen LogP contribution in [0.5, 0.6) is 5.88 Å². The first-order valence-electron chi connectivity index (χ1n) is 7.81. The number of hydrogen-bond donors (Lipinski definition) is 0. The van der Waals surface area contributed by atoms with Crippen LogP contribution in [0.3, 0.4) is 0 Å². The van der Waals surface area contributed by atoms with Gasteiger partial charge in [-0.2, -0.15) is 0 Å². The van der Waals surface area contributed by atoms with Crippen molar-refractivity contribution in [1.82, 2.24) is 4.98 Å². The Balaban J connectivity index is 2.55. The van der Waals surface area contributed by atoms with E-state index in [1.165, 1.54) is 13.2 Å². The molecule has 0 spiro atoms. The summed E-state index contributed by atoms with van der Waals surface area (Å²) in [6.07, 6.45) is 4.56. The number of aromatic nitrogens is 1. The van der Waals surface area contributed by atoms with E-state index in [2.05, 4.69) is 28.1 Å². The molecule has 0 aliphatic carbocycles. The van der Waals surface area contributed by atoms with E-state index in [4.69, 9.17) is 4.74 Å². The van der Waals surface area contributed by atoms with Crippen molar-refractivity contribution in [3.63, 3.8) is 0 Å². The lowest BCUT2D eigenvalue weighted by Crippen LogP contribution is -2.00. The van der Waals surface area contributed by atoms with E-state index in [0.717, 1.165) is 5.56 Å². The Hall–Kier alpha value is -3.32. The fourth-order valence-corrected chi connectivity index (χ4v) is 2.09. The summed E-state index contributed by atoms with van der Waals surface area (Å²) >= 11 is 0. The molecule has 1 heterocycles. The van der Waals surface area contributed by atoms with Gasteiger partial charge in [0, 0.05) is 28.8 Å². The van der Waals surface area contributed by atoms with Crippen molar-refractivity contribution in [2.75, 3.05) is 13.7 Å². The number of methoxy groups -OCH3 is 1. The van der Waals surface area contributed by atoms with Gasteiger partial charge in [-0.25, -0.2) is 9.78 Å². The molecule has 0 saturated heterocycles. The van der Waals surface area contributed by atoms with E-state index in [1.54, 1.807) is 18.2 Å². The Morgan fingerprint density at radius 2 is 2.04 bits per heavy atom. The average molecular weight is 333 g/mol. The molecular weight excluding hydrogens is 314 g/mol. The maximum Gasteiger partial charge on any atom is 0.330 e. The van der Waals surface area contributed by atoms with Gasteiger partial charge in [-0.3, -0.25) is 0 Å². The summed E-state index contributed by atoms with van der Waals surface area (Å²) in [7, 11) is 1.33. The first kappa shape index (κ1) is 18.0. The summed E-state index contributed by atoms with van der Waals surface area (Å²) in [6.45, 7) is 6.16. The Kier molecular flexibility index (Phi) is 6.56. The van der Waals surface area contributed by atoms with Gasteiger partial charge in [-0.15, -0.1) is 0 Å². The SMILES string of the molecule is C=Cc1nc(OCC)cc(C#Cc2ccccc2)c1/C=C/C(=O)OC. The van der Waals surface area contributed by atoms with Gasteiger partial charge in [-0.05, 0) is 31.2 Å². The Morgan fingerprint density at radius 3 is 2.68 bits per heavy atom. The summed E-state index contributed by atoms with van der Waals surface area (Å²) in [4.78, 5) is 15.8. The minimum absolute atomic E-state index is 0.453. The quantitative estimate of drug-likeness (QED) is 0.475. The molecule has 0 amide bonds. The van der Waals surface area contributed by atoms with Gasteiger partial charge in [0.25, 0.3) is 0 Å². The summed E-state index contributed by atoms with van der Waals surface area (Å²) < 4.78 is 10.1. The second kappa shape index (κ2) is 9.09. The summed E-state index contributed by atoms with van der Waals surface area (Å²) in [5, 5.41) is 0. The molecule has 0 fully saturated rings. The molecule has 2 aromatic rings. The van der Waals surface area contributed by atoms with Crippen molar-refractivity contribution in [1.29, 1.82) is 0 Å². The smallest absolute Gasteiger partial charge is 0.330 e. The van der Waals surface area contributed by atoms with E-state index in [-0.39, 0.29) is 0 Å². The first-order chi connectivity index (χ1) is 12.2. The van der Waals surface area contributed by atoms with Crippen LogP contribution in [0.15, 0.2) is 49.1 Å². The highest BCUT2D eigenvalue weighted by Gasteiger charge is 2.09. The van der Waals surface area contributed by atoms with Crippen LogP contribution in [-0.2, 0) is 9.53 Å². The molecule has 1 aromatic heterocycles. The first-order valence-corrected chi connectivity index (χ1v) is 7.81.